The van der Waals surface area contributed by atoms with Crippen LogP contribution >= 0.6 is 0 Å². The van der Waals surface area contributed by atoms with Crippen molar-refractivity contribution in [2.75, 3.05) is 7.05 Å². The molecule has 0 fully saturated rings. The molecule has 110 valence electrons. The molecule has 4 nitrogen and oxygen atoms in total. The summed E-state index contributed by atoms with van der Waals surface area (Å²) in [6.45, 7) is 3.59. The fourth-order valence-electron chi connectivity index (χ4n) is 1.99. The van der Waals surface area contributed by atoms with Gasteiger partial charge in [0.15, 0.2) is 0 Å². The first-order chi connectivity index (χ1) is 9.31. The van der Waals surface area contributed by atoms with Crippen molar-refractivity contribution in [3.63, 3.8) is 0 Å². The summed E-state index contributed by atoms with van der Waals surface area (Å²) in [5.74, 6) is -1.54. The molecule has 0 bridgehead atoms. The lowest BCUT2D eigenvalue weighted by molar-refractivity contribution is -0.138. The van der Waals surface area contributed by atoms with E-state index in [0.29, 0.717) is 0 Å². The van der Waals surface area contributed by atoms with Crippen LogP contribution in [0.1, 0.15) is 38.3 Å². The van der Waals surface area contributed by atoms with Gasteiger partial charge in [0.05, 0.1) is 6.04 Å². The van der Waals surface area contributed by atoms with Gasteiger partial charge in [-0.15, -0.1) is 0 Å². The van der Waals surface area contributed by atoms with Crippen LogP contribution in [-0.4, -0.2) is 28.9 Å². The smallest absolute Gasteiger partial charge is 0.303 e. The Morgan fingerprint density at radius 2 is 1.75 bits per heavy atom. The van der Waals surface area contributed by atoms with Crippen molar-refractivity contribution in [2.45, 2.75) is 32.7 Å². The minimum Gasteiger partial charge on any atom is -0.481 e. The molecule has 1 rings (SSSR count). The lowest BCUT2D eigenvalue weighted by atomic mass is 10.0. The first-order valence-corrected chi connectivity index (χ1v) is 6.54. The molecule has 1 amide bonds. The summed E-state index contributed by atoms with van der Waals surface area (Å²) in [5.41, 5.74) is 0.841. The van der Waals surface area contributed by atoms with E-state index in [9.17, 15) is 14.0 Å². The number of amides is 1. The lowest BCUT2D eigenvalue weighted by Crippen LogP contribution is -2.31. The van der Waals surface area contributed by atoms with Crippen LogP contribution in [0.5, 0.6) is 0 Å². The van der Waals surface area contributed by atoms with E-state index in [0.717, 1.165) is 5.56 Å². The summed E-state index contributed by atoms with van der Waals surface area (Å²) in [7, 11) is 1.67. The van der Waals surface area contributed by atoms with Crippen LogP contribution < -0.4 is 0 Å². The highest BCUT2D eigenvalue weighted by Crippen LogP contribution is 2.21. The molecule has 20 heavy (non-hydrogen) atoms. The van der Waals surface area contributed by atoms with Crippen molar-refractivity contribution < 1.29 is 19.1 Å². The summed E-state index contributed by atoms with van der Waals surface area (Å²) < 4.78 is 12.9. The average molecular weight is 281 g/mol. The van der Waals surface area contributed by atoms with Gasteiger partial charge in [-0.05, 0) is 30.5 Å². The van der Waals surface area contributed by atoms with Gasteiger partial charge in [-0.25, -0.2) is 4.39 Å². The second kappa shape index (κ2) is 7.03. The quantitative estimate of drug-likeness (QED) is 0.872. The Bertz CT molecular complexity index is 473. The van der Waals surface area contributed by atoms with Gasteiger partial charge in [0, 0.05) is 19.9 Å². The summed E-state index contributed by atoms with van der Waals surface area (Å²) >= 11 is 0. The standard InChI is InChI=1S/C15H20FNO3/c1-10(9-15(19)20)8-14(18)17(3)11(2)12-4-6-13(16)7-5-12/h4-7,10-11H,8-9H2,1-3H3,(H,19,20). The Morgan fingerprint density at radius 3 is 2.25 bits per heavy atom. The molecule has 1 aromatic rings. The van der Waals surface area contributed by atoms with Crippen LogP contribution in [0.25, 0.3) is 0 Å². The zero-order valence-corrected chi connectivity index (χ0v) is 12.0. The van der Waals surface area contributed by atoms with Crippen LogP contribution in [-0.2, 0) is 9.59 Å². The van der Waals surface area contributed by atoms with Crippen LogP contribution in [0, 0.1) is 11.7 Å². The van der Waals surface area contributed by atoms with Crippen LogP contribution in [0.2, 0.25) is 0 Å². The van der Waals surface area contributed by atoms with E-state index in [2.05, 4.69) is 0 Å². The van der Waals surface area contributed by atoms with E-state index in [1.807, 2.05) is 6.92 Å². The van der Waals surface area contributed by atoms with Gasteiger partial charge in [0.1, 0.15) is 5.82 Å². The van der Waals surface area contributed by atoms with E-state index < -0.39 is 5.97 Å². The average Bonchev–Trinajstić information content (AvgIpc) is 2.36. The van der Waals surface area contributed by atoms with Gasteiger partial charge < -0.3 is 10.0 Å². The van der Waals surface area contributed by atoms with E-state index in [-0.39, 0.29) is 36.5 Å². The molecule has 1 aromatic carbocycles. The number of aliphatic carboxylic acids is 1. The maximum absolute atomic E-state index is 12.9. The minimum atomic E-state index is -0.903. The van der Waals surface area contributed by atoms with Gasteiger partial charge in [0.25, 0.3) is 0 Å². The zero-order chi connectivity index (χ0) is 15.3. The molecule has 1 N–H and O–H groups in total. The molecule has 0 saturated carbocycles. The Morgan fingerprint density at radius 1 is 1.20 bits per heavy atom. The highest BCUT2D eigenvalue weighted by molar-refractivity contribution is 5.77. The first-order valence-electron chi connectivity index (χ1n) is 6.54. The summed E-state index contributed by atoms with van der Waals surface area (Å²) in [6.07, 6.45) is 0.166. The molecule has 5 heteroatoms. The van der Waals surface area contributed by atoms with E-state index in [1.165, 1.54) is 12.1 Å². The Kier molecular flexibility index (Phi) is 5.67. The van der Waals surface area contributed by atoms with E-state index >= 15 is 0 Å². The van der Waals surface area contributed by atoms with Gasteiger partial charge in [-0.3, -0.25) is 9.59 Å². The topological polar surface area (TPSA) is 57.6 Å². The van der Waals surface area contributed by atoms with Crippen LogP contribution in [0.3, 0.4) is 0 Å². The predicted molar refractivity (Wildman–Crippen MR) is 73.6 cm³/mol. The molecule has 0 aliphatic heterocycles. The maximum atomic E-state index is 12.9. The van der Waals surface area contributed by atoms with Crippen LogP contribution in [0.4, 0.5) is 4.39 Å². The summed E-state index contributed by atoms with van der Waals surface area (Å²) in [6, 6.07) is 5.82. The van der Waals surface area contributed by atoms with E-state index in [1.54, 1.807) is 31.0 Å². The molecule has 0 saturated heterocycles. The molecule has 0 aromatic heterocycles. The third-order valence-electron chi connectivity index (χ3n) is 3.37. The highest BCUT2D eigenvalue weighted by atomic mass is 19.1. The number of benzene rings is 1. The van der Waals surface area contributed by atoms with Crippen molar-refractivity contribution in [3.8, 4) is 0 Å². The number of carbonyl (C=O) groups is 2. The number of carboxylic acids is 1. The Labute approximate surface area is 118 Å². The minimum absolute atomic E-state index is 0.0233. The number of hydrogen-bond acceptors (Lipinski definition) is 2. The SMILES string of the molecule is CC(CC(=O)O)CC(=O)N(C)C(C)c1ccc(F)cc1. The fraction of sp³-hybridized carbons (Fsp3) is 0.467. The molecule has 2 atom stereocenters. The lowest BCUT2D eigenvalue weighted by Gasteiger charge is -2.26. The van der Waals surface area contributed by atoms with Crippen molar-refractivity contribution in [1.29, 1.82) is 0 Å². The van der Waals surface area contributed by atoms with Crippen LogP contribution in [0.15, 0.2) is 24.3 Å². The van der Waals surface area contributed by atoms with Gasteiger partial charge >= 0.3 is 5.97 Å². The Hall–Kier alpha value is -1.91. The first kappa shape index (κ1) is 16.1. The van der Waals surface area contributed by atoms with Gasteiger partial charge in [0.2, 0.25) is 5.91 Å². The highest BCUT2D eigenvalue weighted by Gasteiger charge is 2.20. The second-order valence-corrected chi connectivity index (χ2v) is 5.14. The number of carboxylic acid groups (broad SMARTS) is 1. The molecule has 0 aliphatic rings. The third kappa shape index (κ3) is 4.64. The Balaban J connectivity index is 2.64. The maximum Gasteiger partial charge on any atom is 0.303 e. The van der Waals surface area contributed by atoms with Crippen molar-refractivity contribution in [1.82, 2.24) is 4.90 Å². The number of nitrogens with zero attached hydrogens (tertiary/aromatic N) is 1. The van der Waals surface area contributed by atoms with Gasteiger partial charge in [-0.1, -0.05) is 19.1 Å². The summed E-state index contributed by atoms with van der Waals surface area (Å²) in [5, 5.41) is 8.69. The van der Waals surface area contributed by atoms with Gasteiger partial charge in [-0.2, -0.15) is 0 Å². The second-order valence-electron chi connectivity index (χ2n) is 5.14. The molecule has 0 spiro atoms. The number of carbonyl (C=O) groups excluding carboxylic acids is 1. The van der Waals surface area contributed by atoms with Crippen molar-refractivity contribution in [2.24, 2.45) is 5.92 Å². The zero-order valence-electron chi connectivity index (χ0n) is 12.0. The predicted octanol–water partition coefficient (Wildman–Crippen LogP) is 2.85. The molecule has 0 heterocycles. The monoisotopic (exact) mass is 281 g/mol. The fourth-order valence-corrected chi connectivity index (χ4v) is 1.99. The number of rotatable bonds is 6. The number of halogens is 1. The third-order valence-corrected chi connectivity index (χ3v) is 3.37. The largest absolute Gasteiger partial charge is 0.481 e. The van der Waals surface area contributed by atoms with Crippen molar-refractivity contribution in [3.05, 3.63) is 35.6 Å². The molecule has 0 radical (unpaired) electrons. The summed E-state index contributed by atoms with van der Waals surface area (Å²) in [4.78, 5) is 24.2. The molecular formula is C15H20FNO3. The number of hydrogen-bond donors (Lipinski definition) is 1. The molecule has 0 aliphatic carbocycles. The van der Waals surface area contributed by atoms with Crippen molar-refractivity contribution >= 4 is 11.9 Å². The van der Waals surface area contributed by atoms with E-state index in [4.69, 9.17) is 5.11 Å². The normalized spacial score (nSPS) is 13.6. The molecule has 2 unspecified atom stereocenters. The molecular weight excluding hydrogens is 261 g/mol.